The van der Waals surface area contributed by atoms with E-state index in [-0.39, 0.29) is 6.61 Å². The molecule has 8 heteroatoms. The number of hydrogen-bond acceptors (Lipinski definition) is 7. The van der Waals surface area contributed by atoms with E-state index in [4.69, 9.17) is 9.47 Å². The summed E-state index contributed by atoms with van der Waals surface area (Å²) in [6.45, 7) is 4.06. The molecule has 4 rings (SSSR count). The average Bonchev–Trinajstić information content (AvgIpc) is 3.23. The summed E-state index contributed by atoms with van der Waals surface area (Å²) < 4.78 is 10.9. The zero-order valence-corrected chi connectivity index (χ0v) is 19.6. The maximum absolute atomic E-state index is 12.0. The van der Waals surface area contributed by atoms with Gasteiger partial charge in [-0.05, 0) is 43.7 Å². The van der Waals surface area contributed by atoms with Crippen molar-refractivity contribution in [1.82, 2.24) is 4.98 Å². The second-order valence-corrected chi connectivity index (χ2v) is 8.26. The van der Waals surface area contributed by atoms with Crippen molar-refractivity contribution in [2.24, 2.45) is 5.10 Å². The normalized spacial score (nSPS) is 10.8. The van der Waals surface area contributed by atoms with Crippen LogP contribution in [0.4, 0.5) is 14.9 Å². The molecule has 1 amide bonds. The molecule has 1 heterocycles. The van der Waals surface area contributed by atoms with Gasteiger partial charge in [-0.15, -0.1) is 0 Å². The average molecular weight is 473 g/mol. The fraction of sp³-hybridized carbons (Fsp3) is 0.115. The minimum atomic E-state index is -0.523. The van der Waals surface area contributed by atoms with Crippen LogP contribution in [0, 0.1) is 6.92 Å². The van der Waals surface area contributed by atoms with E-state index < -0.39 is 6.09 Å². The number of aryl methyl sites for hydroxylation is 1. The van der Waals surface area contributed by atoms with E-state index >= 15 is 0 Å². The van der Waals surface area contributed by atoms with Crippen molar-refractivity contribution >= 4 is 33.8 Å². The Bertz CT molecular complexity index is 1270. The highest BCUT2D eigenvalue weighted by Gasteiger charge is 2.16. The number of benzene rings is 3. The first kappa shape index (κ1) is 23.0. The summed E-state index contributed by atoms with van der Waals surface area (Å²) >= 11 is 1.28. The van der Waals surface area contributed by atoms with Crippen molar-refractivity contribution in [2.45, 2.75) is 13.8 Å². The van der Waals surface area contributed by atoms with Crippen LogP contribution in [0.25, 0.3) is 11.3 Å². The third kappa shape index (κ3) is 6.20. The number of para-hydroxylation sites is 1. The highest BCUT2D eigenvalue weighted by atomic mass is 32.1. The molecular formula is C26H24N4O3S. The van der Waals surface area contributed by atoms with Crippen LogP contribution in [0.5, 0.6) is 11.5 Å². The number of amides is 1. The Kier molecular flexibility index (Phi) is 7.52. The number of aromatic nitrogens is 1. The van der Waals surface area contributed by atoms with Crippen LogP contribution in [0.15, 0.2) is 84.0 Å². The molecule has 0 saturated heterocycles. The molecule has 34 heavy (non-hydrogen) atoms. The number of hydrazone groups is 1. The molecule has 0 radical (unpaired) electrons. The SMILES string of the molecule is CCOC(=O)Nc1sc(N/N=C\c2cccc(Oc3ccccc3)c2)nc1-c1ccc(C)cc1. The van der Waals surface area contributed by atoms with Gasteiger partial charge in [0.1, 0.15) is 22.2 Å². The van der Waals surface area contributed by atoms with Gasteiger partial charge in [-0.1, -0.05) is 71.5 Å². The highest BCUT2D eigenvalue weighted by molar-refractivity contribution is 7.20. The third-order valence-corrected chi connectivity index (χ3v) is 5.53. The molecule has 3 aromatic carbocycles. The molecule has 1 aromatic heterocycles. The number of hydrogen-bond donors (Lipinski definition) is 2. The number of rotatable bonds is 8. The van der Waals surface area contributed by atoms with Gasteiger partial charge >= 0.3 is 6.09 Å². The van der Waals surface area contributed by atoms with Crippen molar-refractivity contribution in [3.8, 4) is 22.8 Å². The number of thiazole rings is 1. The van der Waals surface area contributed by atoms with Crippen LogP contribution in [0.2, 0.25) is 0 Å². The molecular weight excluding hydrogens is 448 g/mol. The molecule has 7 nitrogen and oxygen atoms in total. The molecule has 0 aliphatic rings. The first-order chi connectivity index (χ1) is 16.6. The minimum absolute atomic E-state index is 0.285. The molecule has 0 spiro atoms. The zero-order valence-electron chi connectivity index (χ0n) is 18.8. The molecule has 2 N–H and O–H groups in total. The number of ether oxygens (including phenoxy) is 2. The summed E-state index contributed by atoms with van der Waals surface area (Å²) in [5, 5.41) is 8.20. The Hall–Kier alpha value is -4.17. The lowest BCUT2D eigenvalue weighted by atomic mass is 10.1. The van der Waals surface area contributed by atoms with Gasteiger partial charge in [0.25, 0.3) is 0 Å². The van der Waals surface area contributed by atoms with Crippen LogP contribution < -0.4 is 15.5 Å². The van der Waals surface area contributed by atoms with Gasteiger partial charge in [0.05, 0.1) is 12.8 Å². The number of nitrogens with one attached hydrogen (secondary N) is 2. The molecule has 0 saturated carbocycles. The van der Waals surface area contributed by atoms with Crippen molar-refractivity contribution in [1.29, 1.82) is 0 Å². The van der Waals surface area contributed by atoms with Crippen molar-refractivity contribution in [2.75, 3.05) is 17.3 Å². The van der Waals surface area contributed by atoms with Gasteiger partial charge in [-0.2, -0.15) is 5.10 Å². The van der Waals surface area contributed by atoms with Crippen LogP contribution >= 0.6 is 11.3 Å². The number of carbonyl (C=O) groups excluding carboxylic acids is 1. The van der Waals surface area contributed by atoms with Crippen LogP contribution in [0.3, 0.4) is 0 Å². The number of anilines is 2. The number of nitrogens with zero attached hydrogens (tertiary/aromatic N) is 2. The lowest BCUT2D eigenvalue weighted by Crippen LogP contribution is -2.12. The molecule has 4 aromatic rings. The summed E-state index contributed by atoms with van der Waals surface area (Å²) in [7, 11) is 0. The van der Waals surface area contributed by atoms with Crippen molar-refractivity contribution in [3.05, 3.63) is 90.0 Å². The summed E-state index contributed by atoms with van der Waals surface area (Å²) in [5.41, 5.74) is 6.49. The topological polar surface area (TPSA) is 84.8 Å². The fourth-order valence-corrected chi connectivity index (χ4v) is 3.89. The van der Waals surface area contributed by atoms with E-state index in [0.717, 1.165) is 22.4 Å². The maximum atomic E-state index is 12.0. The Balaban J connectivity index is 1.49. The van der Waals surface area contributed by atoms with Crippen molar-refractivity contribution < 1.29 is 14.3 Å². The standard InChI is InChI=1S/C26H24N4O3S/c1-3-32-26(31)29-24-23(20-14-12-18(2)13-15-20)28-25(34-24)30-27-17-19-8-7-11-22(16-19)33-21-9-5-4-6-10-21/h4-17H,3H2,1-2H3,(H,28,30)(H,29,31)/b27-17-. The second kappa shape index (κ2) is 11.1. The molecule has 0 aliphatic carbocycles. The third-order valence-electron chi connectivity index (χ3n) is 4.65. The van der Waals surface area contributed by atoms with Crippen LogP contribution in [-0.2, 0) is 4.74 Å². The van der Waals surface area contributed by atoms with E-state index in [9.17, 15) is 4.79 Å². The Labute approximate surface area is 202 Å². The lowest BCUT2D eigenvalue weighted by molar-refractivity contribution is 0.168. The van der Waals surface area contributed by atoms with Crippen LogP contribution in [-0.4, -0.2) is 23.9 Å². The lowest BCUT2D eigenvalue weighted by Gasteiger charge is -2.05. The zero-order chi connectivity index (χ0) is 23.8. The molecule has 0 aliphatic heterocycles. The number of carbonyl (C=O) groups is 1. The Morgan fingerprint density at radius 3 is 2.56 bits per heavy atom. The predicted molar refractivity (Wildman–Crippen MR) is 137 cm³/mol. The van der Waals surface area contributed by atoms with Gasteiger partial charge in [0, 0.05) is 5.56 Å². The van der Waals surface area contributed by atoms with E-state index in [1.807, 2.05) is 85.8 Å². The summed E-state index contributed by atoms with van der Waals surface area (Å²) in [6, 6.07) is 25.1. The first-order valence-electron chi connectivity index (χ1n) is 10.7. The minimum Gasteiger partial charge on any atom is -0.457 e. The van der Waals surface area contributed by atoms with Crippen LogP contribution in [0.1, 0.15) is 18.1 Å². The molecule has 172 valence electrons. The molecule has 0 unspecified atom stereocenters. The van der Waals surface area contributed by atoms with E-state index in [1.54, 1.807) is 13.1 Å². The maximum Gasteiger partial charge on any atom is 0.412 e. The quantitative estimate of drug-likeness (QED) is 0.215. The Morgan fingerprint density at radius 2 is 1.79 bits per heavy atom. The van der Waals surface area contributed by atoms with E-state index in [2.05, 4.69) is 20.8 Å². The van der Waals surface area contributed by atoms with Crippen molar-refractivity contribution in [3.63, 3.8) is 0 Å². The summed E-state index contributed by atoms with van der Waals surface area (Å²) in [5.74, 6) is 1.48. The highest BCUT2D eigenvalue weighted by Crippen LogP contribution is 2.36. The summed E-state index contributed by atoms with van der Waals surface area (Å²) in [6.07, 6.45) is 1.16. The fourth-order valence-electron chi connectivity index (χ4n) is 3.06. The van der Waals surface area contributed by atoms with Gasteiger partial charge < -0.3 is 9.47 Å². The predicted octanol–water partition coefficient (Wildman–Crippen LogP) is 6.93. The van der Waals surface area contributed by atoms with Gasteiger partial charge in [-0.3, -0.25) is 10.7 Å². The molecule has 0 fully saturated rings. The first-order valence-corrected chi connectivity index (χ1v) is 11.6. The summed E-state index contributed by atoms with van der Waals surface area (Å²) in [4.78, 5) is 16.6. The van der Waals surface area contributed by atoms with E-state index in [0.29, 0.717) is 21.6 Å². The van der Waals surface area contributed by atoms with Gasteiger partial charge in [0.15, 0.2) is 0 Å². The largest absolute Gasteiger partial charge is 0.457 e. The van der Waals surface area contributed by atoms with E-state index in [1.165, 1.54) is 11.3 Å². The van der Waals surface area contributed by atoms with Gasteiger partial charge in [0.2, 0.25) is 5.13 Å². The monoisotopic (exact) mass is 472 g/mol. The molecule has 0 bridgehead atoms. The van der Waals surface area contributed by atoms with Gasteiger partial charge in [-0.25, -0.2) is 9.78 Å². The smallest absolute Gasteiger partial charge is 0.412 e. The molecule has 0 atom stereocenters. The Morgan fingerprint density at radius 1 is 1.03 bits per heavy atom. The second-order valence-electron chi connectivity index (χ2n) is 7.27.